The fourth-order valence-corrected chi connectivity index (χ4v) is 5.39. The minimum absolute atomic E-state index is 0.163. The molecular formula is C18H18O4S3. The predicted molar refractivity (Wildman–Crippen MR) is 105 cm³/mol. The van der Waals surface area contributed by atoms with Crippen LogP contribution in [0, 0.1) is 23.7 Å². The lowest BCUT2D eigenvalue weighted by atomic mass is 9.75. The highest BCUT2D eigenvalue weighted by Crippen LogP contribution is 2.44. The summed E-state index contributed by atoms with van der Waals surface area (Å²) in [6.45, 7) is 0.877. The van der Waals surface area contributed by atoms with Crippen LogP contribution < -0.4 is 0 Å². The molecule has 1 spiro atoms. The van der Waals surface area contributed by atoms with Gasteiger partial charge < -0.3 is 19.7 Å². The van der Waals surface area contributed by atoms with Crippen molar-refractivity contribution in [2.45, 2.75) is 23.9 Å². The summed E-state index contributed by atoms with van der Waals surface area (Å²) in [5.41, 5.74) is -0.387. The molecule has 3 aliphatic rings. The number of hydrogen-bond donors (Lipinski definition) is 2. The number of allylic oxidation sites excluding steroid dienone is 2. The molecule has 1 heterocycles. The van der Waals surface area contributed by atoms with Gasteiger partial charge in [0.05, 0.1) is 19.6 Å². The third-order valence-corrected chi connectivity index (χ3v) is 7.66. The molecule has 25 heavy (non-hydrogen) atoms. The maximum absolute atomic E-state index is 11.3. The van der Waals surface area contributed by atoms with E-state index in [9.17, 15) is 10.2 Å². The molecule has 0 unspecified atom stereocenters. The van der Waals surface area contributed by atoms with Crippen molar-refractivity contribution in [3.8, 4) is 23.7 Å². The molecule has 7 heteroatoms. The number of fused-ring (bicyclic) bond motifs is 2. The highest BCUT2D eigenvalue weighted by molar-refractivity contribution is 9.09. The van der Waals surface area contributed by atoms with Gasteiger partial charge in [0.2, 0.25) is 0 Å². The lowest BCUT2D eigenvalue weighted by Gasteiger charge is -2.40. The highest BCUT2D eigenvalue weighted by atomic mass is 33.5. The highest BCUT2D eigenvalue weighted by Gasteiger charge is 2.50. The van der Waals surface area contributed by atoms with Crippen LogP contribution in [-0.4, -0.2) is 52.9 Å². The van der Waals surface area contributed by atoms with Crippen LogP contribution in [0.2, 0.25) is 0 Å². The van der Waals surface area contributed by atoms with E-state index in [0.717, 1.165) is 0 Å². The molecule has 2 aliphatic carbocycles. The third kappa shape index (κ3) is 4.32. The summed E-state index contributed by atoms with van der Waals surface area (Å²) in [5.74, 6) is 10.9. The van der Waals surface area contributed by atoms with E-state index in [2.05, 4.69) is 23.7 Å². The molecular weight excluding hydrogens is 376 g/mol. The molecule has 0 radical (unpaired) electrons. The topological polar surface area (TPSA) is 58.9 Å². The number of aliphatic hydroxyl groups is 2. The zero-order valence-electron chi connectivity index (χ0n) is 13.7. The summed E-state index contributed by atoms with van der Waals surface area (Å²) in [4.78, 5) is 0. The predicted octanol–water partition coefficient (Wildman–Crippen LogP) is 2.31. The Bertz CT molecular complexity index is 729. The molecule has 1 aliphatic heterocycles. The van der Waals surface area contributed by atoms with E-state index in [-0.39, 0.29) is 6.42 Å². The average molecular weight is 395 g/mol. The minimum atomic E-state index is -1.47. The molecule has 2 N–H and O–H groups in total. The van der Waals surface area contributed by atoms with Gasteiger partial charge in [-0.05, 0) is 39.9 Å². The normalized spacial score (nSPS) is 32.4. The molecule has 3 rings (SSSR count). The second-order valence-corrected chi connectivity index (χ2v) is 9.95. The Labute approximate surface area is 159 Å². The van der Waals surface area contributed by atoms with Crippen molar-refractivity contribution >= 4 is 31.4 Å². The first kappa shape index (κ1) is 19.0. The van der Waals surface area contributed by atoms with E-state index < -0.39 is 17.5 Å². The largest absolute Gasteiger partial charge is 0.376 e. The average Bonchev–Trinajstić information content (AvgIpc) is 3.02. The molecule has 1 fully saturated rings. The molecule has 2 atom stereocenters. The number of ether oxygens (including phenoxy) is 2. The summed E-state index contributed by atoms with van der Waals surface area (Å²) >= 11 is 0. The Kier molecular flexibility index (Phi) is 6.30. The molecule has 4 nitrogen and oxygen atoms in total. The van der Waals surface area contributed by atoms with Gasteiger partial charge in [0.1, 0.15) is 6.10 Å². The van der Waals surface area contributed by atoms with Gasteiger partial charge in [-0.15, -0.1) is 0 Å². The van der Waals surface area contributed by atoms with Gasteiger partial charge in [0.25, 0.3) is 0 Å². The smallest absolute Gasteiger partial charge is 0.192 e. The summed E-state index contributed by atoms with van der Waals surface area (Å²) in [7, 11) is 4.98. The molecule has 2 bridgehead atoms. The van der Waals surface area contributed by atoms with E-state index in [1.165, 1.54) is 0 Å². The van der Waals surface area contributed by atoms with Crippen molar-refractivity contribution in [3.63, 3.8) is 0 Å². The van der Waals surface area contributed by atoms with E-state index in [1.807, 2.05) is 12.3 Å². The van der Waals surface area contributed by atoms with Crippen LogP contribution in [0.15, 0.2) is 35.5 Å². The first-order valence-corrected chi connectivity index (χ1v) is 11.8. The summed E-state index contributed by atoms with van der Waals surface area (Å²) in [6, 6.07) is 0. The Morgan fingerprint density at radius 3 is 2.84 bits per heavy atom. The van der Waals surface area contributed by atoms with E-state index in [0.29, 0.717) is 30.1 Å². The molecule has 0 saturated carbocycles. The fraction of sp³-hybridized carbons (Fsp3) is 0.444. The lowest BCUT2D eigenvalue weighted by molar-refractivity contribution is -0.149. The van der Waals surface area contributed by atoms with Crippen molar-refractivity contribution in [2.75, 3.05) is 25.2 Å². The van der Waals surface area contributed by atoms with Crippen LogP contribution in [0.5, 0.6) is 0 Å². The number of rotatable bonds is 4. The molecule has 132 valence electrons. The van der Waals surface area contributed by atoms with Crippen molar-refractivity contribution < 1.29 is 19.7 Å². The van der Waals surface area contributed by atoms with Crippen molar-refractivity contribution in [2.24, 2.45) is 0 Å². The van der Waals surface area contributed by atoms with Crippen molar-refractivity contribution in [1.29, 1.82) is 0 Å². The third-order valence-electron chi connectivity index (χ3n) is 3.93. The SMILES string of the molecule is CSSSC/C=C1/C2=CC3(C[C@]1(O)C#C/C=C/C#C[C@@H]2O)OCCO3. The molecule has 0 aromatic carbocycles. The van der Waals surface area contributed by atoms with E-state index in [1.54, 1.807) is 49.6 Å². The second-order valence-electron chi connectivity index (χ2n) is 5.58. The van der Waals surface area contributed by atoms with Gasteiger partial charge in [0, 0.05) is 11.3 Å². The molecule has 0 aromatic rings. The molecule has 1 saturated heterocycles. The first-order valence-electron chi connectivity index (χ1n) is 7.72. The van der Waals surface area contributed by atoms with Crippen LogP contribution in [0.25, 0.3) is 0 Å². The quantitative estimate of drug-likeness (QED) is 0.431. The number of hydrogen-bond acceptors (Lipinski definition) is 7. The van der Waals surface area contributed by atoms with Gasteiger partial charge in [0.15, 0.2) is 11.4 Å². The standard InChI is InChI=1S/C18H18O4S3/c1-23-25-24-11-7-15-14-12-18(21-9-10-22-18)13-17(15,20)8-5-3-2-4-6-16(14)19/h2-3,7,12,16,19-20H,9-11,13H2,1H3/b3-2+,15-7-/t16-,17+/m0/s1. The van der Waals surface area contributed by atoms with Crippen LogP contribution in [0.3, 0.4) is 0 Å². The first-order chi connectivity index (χ1) is 12.1. The summed E-state index contributed by atoms with van der Waals surface area (Å²) in [6.07, 6.45) is 7.91. The Morgan fingerprint density at radius 1 is 1.32 bits per heavy atom. The van der Waals surface area contributed by atoms with Gasteiger partial charge in [-0.1, -0.05) is 51.3 Å². The monoisotopic (exact) mass is 394 g/mol. The second kappa shape index (κ2) is 8.28. The Balaban J connectivity index is 2.07. The Hall–Kier alpha value is -0.770. The zero-order valence-corrected chi connectivity index (χ0v) is 16.1. The van der Waals surface area contributed by atoms with Gasteiger partial charge in [-0.2, -0.15) is 0 Å². The maximum Gasteiger partial charge on any atom is 0.192 e. The van der Waals surface area contributed by atoms with Crippen LogP contribution >= 0.6 is 31.4 Å². The van der Waals surface area contributed by atoms with Crippen molar-refractivity contribution in [3.05, 3.63) is 35.5 Å². The Morgan fingerprint density at radius 2 is 2.08 bits per heavy atom. The number of aliphatic hydroxyl groups excluding tert-OH is 1. The van der Waals surface area contributed by atoms with Crippen LogP contribution in [0.4, 0.5) is 0 Å². The molecule has 0 aromatic heterocycles. The molecule has 0 amide bonds. The summed E-state index contributed by atoms with van der Waals surface area (Å²) in [5, 5.41) is 21.9. The maximum atomic E-state index is 11.3. The summed E-state index contributed by atoms with van der Waals surface area (Å²) < 4.78 is 11.5. The lowest BCUT2D eigenvalue weighted by Crippen LogP contribution is -2.47. The van der Waals surface area contributed by atoms with Crippen LogP contribution in [-0.2, 0) is 9.47 Å². The zero-order chi connectivity index (χ0) is 17.8. The van der Waals surface area contributed by atoms with Gasteiger partial charge in [-0.25, -0.2) is 0 Å². The van der Waals surface area contributed by atoms with E-state index >= 15 is 0 Å². The van der Waals surface area contributed by atoms with Crippen LogP contribution in [0.1, 0.15) is 6.42 Å². The van der Waals surface area contributed by atoms with Gasteiger partial charge in [-0.3, -0.25) is 0 Å². The van der Waals surface area contributed by atoms with Crippen molar-refractivity contribution in [1.82, 2.24) is 0 Å². The minimum Gasteiger partial charge on any atom is -0.376 e. The fourth-order valence-electron chi connectivity index (χ4n) is 2.98. The van der Waals surface area contributed by atoms with E-state index in [4.69, 9.17) is 9.47 Å². The van der Waals surface area contributed by atoms with Gasteiger partial charge >= 0.3 is 0 Å².